The number of fused-ring (bicyclic) bond motifs is 11. The van der Waals surface area contributed by atoms with Gasteiger partial charge in [-0.25, -0.2) is 0 Å². The van der Waals surface area contributed by atoms with Gasteiger partial charge >= 0.3 is 0 Å². The molecule has 10 aromatic rings. The predicted molar refractivity (Wildman–Crippen MR) is 200 cm³/mol. The molecular weight excluding hydrogens is 569 g/mol. The van der Waals surface area contributed by atoms with Crippen LogP contribution in [0.1, 0.15) is 28.3 Å². The Balaban J connectivity index is 1.09. The molecule has 220 valence electrons. The van der Waals surface area contributed by atoms with Gasteiger partial charge in [0.15, 0.2) is 0 Å². The molecule has 0 fully saturated rings. The zero-order valence-electron chi connectivity index (χ0n) is 26.0. The van der Waals surface area contributed by atoms with Gasteiger partial charge in [0.25, 0.3) is 0 Å². The van der Waals surface area contributed by atoms with E-state index in [2.05, 4.69) is 162 Å². The van der Waals surface area contributed by atoms with Gasteiger partial charge in [0.2, 0.25) is 0 Å². The number of rotatable bonds is 2. The maximum Gasteiger partial charge on any atom is 0.0620 e. The fourth-order valence-electron chi connectivity index (χ4n) is 8.69. The summed E-state index contributed by atoms with van der Waals surface area (Å²) in [6, 6.07) is 49.9. The van der Waals surface area contributed by atoms with Crippen LogP contribution < -0.4 is 0 Å². The molecule has 3 aromatic heterocycles. The fraction of sp³-hybridized carbons (Fsp3) is 0.0667. The first-order valence-electron chi connectivity index (χ1n) is 16.6. The van der Waals surface area contributed by atoms with Crippen LogP contribution >= 0.6 is 0 Å². The van der Waals surface area contributed by atoms with Gasteiger partial charge in [-0.15, -0.1) is 0 Å². The van der Waals surface area contributed by atoms with E-state index in [0.717, 1.165) is 6.42 Å². The van der Waals surface area contributed by atoms with Crippen molar-refractivity contribution in [1.29, 1.82) is 0 Å². The summed E-state index contributed by atoms with van der Waals surface area (Å²) in [5.74, 6) is 0.320. The lowest BCUT2D eigenvalue weighted by molar-refractivity contribution is 0.826. The number of aryl methyl sites for hydroxylation is 1. The smallest absolute Gasteiger partial charge is 0.0620 e. The highest BCUT2D eigenvalue weighted by Crippen LogP contribution is 2.43. The van der Waals surface area contributed by atoms with Crippen molar-refractivity contribution in [2.24, 2.45) is 0 Å². The first-order valence-corrected chi connectivity index (χ1v) is 16.6. The number of para-hydroxylation sites is 3. The van der Waals surface area contributed by atoms with Crippen molar-refractivity contribution >= 4 is 76.6 Å². The highest BCUT2D eigenvalue weighted by molar-refractivity contribution is 6.26. The molecule has 0 saturated carbocycles. The molecule has 3 heterocycles. The second-order valence-electron chi connectivity index (χ2n) is 13.4. The molecule has 0 N–H and O–H groups in total. The highest BCUT2D eigenvalue weighted by Gasteiger charge is 2.24. The van der Waals surface area contributed by atoms with Crippen LogP contribution in [-0.4, -0.2) is 8.97 Å². The highest BCUT2D eigenvalue weighted by atomic mass is 15.0. The molecule has 7 aromatic carbocycles. The molecular formula is C45H30N2. The minimum Gasteiger partial charge on any atom is -0.310 e. The maximum atomic E-state index is 2.52. The van der Waals surface area contributed by atoms with Crippen molar-refractivity contribution in [3.05, 3.63) is 162 Å². The fourth-order valence-corrected chi connectivity index (χ4v) is 8.69. The number of hydrogen-bond donors (Lipinski definition) is 0. The van der Waals surface area contributed by atoms with Crippen molar-refractivity contribution in [3.8, 4) is 5.69 Å². The van der Waals surface area contributed by atoms with Crippen LogP contribution in [-0.2, 0) is 6.42 Å². The molecule has 1 unspecified atom stereocenters. The van der Waals surface area contributed by atoms with Crippen LogP contribution in [0.5, 0.6) is 0 Å². The Morgan fingerprint density at radius 2 is 1.28 bits per heavy atom. The number of nitrogens with zero attached hydrogens (tertiary/aromatic N) is 2. The van der Waals surface area contributed by atoms with Crippen molar-refractivity contribution in [2.75, 3.05) is 0 Å². The van der Waals surface area contributed by atoms with Crippen LogP contribution in [0.3, 0.4) is 0 Å². The molecule has 0 saturated heterocycles. The normalized spacial score (nSPS) is 15.0. The summed E-state index contributed by atoms with van der Waals surface area (Å²) >= 11 is 0. The zero-order chi connectivity index (χ0) is 30.8. The third-order valence-electron chi connectivity index (χ3n) is 10.9. The Bertz CT molecular complexity index is 2930. The molecule has 11 rings (SSSR count). The van der Waals surface area contributed by atoms with E-state index in [1.54, 1.807) is 0 Å². The molecule has 0 spiro atoms. The predicted octanol–water partition coefficient (Wildman–Crippen LogP) is 11.7. The average Bonchev–Trinajstić information content (AvgIpc) is 3.74. The molecule has 1 aliphatic carbocycles. The second-order valence-corrected chi connectivity index (χ2v) is 13.4. The van der Waals surface area contributed by atoms with E-state index in [4.69, 9.17) is 0 Å². The van der Waals surface area contributed by atoms with Gasteiger partial charge in [-0.2, -0.15) is 0 Å². The number of allylic oxidation sites excluding steroid dienone is 1. The minimum atomic E-state index is 0.320. The summed E-state index contributed by atoms with van der Waals surface area (Å²) in [6.07, 6.45) is 5.76. The van der Waals surface area contributed by atoms with Crippen molar-refractivity contribution in [1.82, 2.24) is 8.97 Å². The summed E-state index contributed by atoms with van der Waals surface area (Å²) in [7, 11) is 0. The average molecular weight is 599 g/mol. The van der Waals surface area contributed by atoms with Crippen LogP contribution in [0.2, 0.25) is 0 Å². The molecule has 2 nitrogen and oxygen atoms in total. The van der Waals surface area contributed by atoms with Crippen LogP contribution in [0.15, 0.2) is 140 Å². The van der Waals surface area contributed by atoms with Crippen molar-refractivity contribution < 1.29 is 0 Å². The lowest BCUT2D eigenvalue weighted by atomic mass is 9.86. The van der Waals surface area contributed by atoms with E-state index < -0.39 is 0 Å². The monoisotopic (exact) mass is 598 g/mol. The van der Waals surface area contributed by atoms with Gasteiger partial charge in [0.1, 0.15) is 0 Å². The summed E-state index contributed by atoms with van der Waals surface area (Å²) < 4.78 is 4.94. The van der Waals surface area contributed by atoms with Crippen LogP contribution in [0.25, 0.3) is 82.3 Å². The first kappa shape index (κ1) is 25.3. The van der Waals surface area contributed by atoms with Gasteiger partial charge in [0.05, 0.1) is 22.1 Å². The Kier molecular flexibility index (Phi) is 4.91. The lowest BCUT2D eigenvalue weighted by Gasteiger charge is -2.20. The molecule has 0 amide bonds. The molecule has 1 aliphatic rings. The Labute approximate surface area is 271 Å². The number of aromatic nitrogens is 2. The summed E-state index contributed by atoms with van der Waals surface area (Å²) in [5, 5.41) is 11.9. The van der Waals surface area contributed by atoms with E-state index in [9.17, 15) is 0 Å². The SMILES string of the molecule is Cc1cccc2cc3c(cc12)c1cccc2c4cc5ccc(C6C=Cc7c(c8ccccc8n7-c7ccccc7)C6)cc5cc4n3c21. The van der Waals surface area contributed by atoms with E-state index in [-0.39, 0.29) is 0 Å². The third-order valence-corrected chi connectivity index (χ3v) is 10.9. The molecule has 2 heteroatoms. The minimum absolute atomic E-state index is 0.320. The van der Waals surface area contributed by atoms with Gasteiger partial charge in [-0.1, -0.05) is 97.1 Å². The van der Waals surface area contributed by atoms with E-state index in [1.165, 1.54) is 98.6 Å². The topological polar surface area (TPSA) is 9.34 Å². The molecule has 47 heavy (non-hydrogen) atoms. The van der Waals surface area contributed by atoms with Crippen LogP contribution in [0.4, 0.5) is 0 Å². The van der Waals surface area contributed by atoms with E-state index >= 15 is 0 Å². The quantitative estimate of drug-likeness (QED) is 0.187. The Morgan fingerprint density at radius 1 is 0.532 bits per heavy atom. The maximum absolute atomic E-state index is 2.52. The molecule has 0 bridgehead atoms. The van der Waals surface area contributed by atoms with E-state index in [1.807, 2.05) is 0 Å². The van der Waals surface area contributed by atoms with Gasteiger partial charge in [-0.05, 0) is 100 Å². The molecule has 0 aliphatic heterocycles. The van der Waals surface area contributed by atoms with Crippen molar-refractivity contribution in [3.63, 3.8) is 0 Å². The number of hydrogen-bond acceptors (Lipinski definition) is 0. The Hall–Kier alpha value is -5.86. The van der Waals surface area contributed by atoms with Gasteiger partial charge < -0.3 is 8.97 Å². The standard InChI is InChI=1S/C45H30N2/c1-27-9-7-10-31-24-43-40(26-37(27)31)36-15-8-14-35-39-23-30-18-17-28(21-32(30)25-44(39)47(43)45(35)36)29-19-20-42-38(22-29)34-13-5-6-16-41(34)46(42)33-11-3-2-4-12-33/h2-21,23-26,29H,22H2,1H3. The van der Waals surface area contributed by atoms with Gasteiger partial charge in [-0.3, -0.25) is 0 Å². The van der Waals surface area contributed by atoms with E-state index in [0.29, 0.717) is 5.92 Å². The lowest BCUT2D eigenvalue weighted by Crippen LogP contribution is -2.07. The third kappa shape index (κ3) is 3.40. The second kappa shape index (κ2) is 9.11. The van der Waals surface area contributed by atoms with Crippen LogP contribution in [0, 0.1) is 6.92 Å². The summed E-state index contributed by atoms with van der Waals surface area (Å²) in [4.78, 5) is 0. The molecule has 1 atom stereocenters. The Morgan fingerprint density at radius 3 is 2.15 bits per heavy atom. The summed E-state index contributed by atoms with van der Waals surface area (Å²) in [5.41, 5.74) is 11.8. The van der Waals surface area contributed by atoms with Gasteiger partial charge in [0, 0.05) is 44.2 Å². The number of benzene rings is 7. The summed E-state index contributed by atoms with van der Waals surface area (Å²) in [6.45, 7) is 2.22. The largest absolute Gasteiger partial charge is 0.310 e. The molecule has 0 radical (unpaired) electrons. The first-order chi connectivity index (χ1) is 23.2. The zero-order valence-corrected chi connectivity index (χ0v) is 26.0. The van der Waals surface area contributed by atoms with Crippen molar-refractivity contribution in [2.45, 2.75) is 19.3 Å².